The summed E-state index contributed by atoms with van der Waals surface area (Å²) in [5, 5.41) is 19.9. The van der Waals surface area contributed by atoms with Gasteiger partial charge in [-0.25, -0.2) is 0 Å². The summed E-state index contributed by atoms with van der Waals surface area (Å²) < 4.78 is 7.69. The van der Waals surface area contributed by atoms with Crippen molar-refractivity contribution in [2.45, 2.75) is 25.0 Å². The van der Waals surface area contributed by atoms with Gasteiger partial charge in [0.15, 0.2) is 0 Å². The van der Waals surface area contributed by atoms with E-state index in [1.54, 1.807) is 23.3 Å². The van der Waals surface area contributed by atoms with E-state index in [0.717, 1.165) is 5.69 Å². The molecule has 0 atom stereocenters. The zero-order valence-corrected chi connectivity index (χ0v) is 15.1. The largest absolute Gasteiger partial charge is 0.474 e. The Hall–Kier alpha value is -3.87. The lowest BCUT2D eigenvalue weighted by Gasteiger charge is -2.35. The molecule has 10 nitrogen and oxygen atoms in total. The Morgan fingerprint density at radius 2 is 2.32 bits per heavy atom. The number of hydrogen-bond donors (Lipinski definition) is 3. The molecule has 0 spiro atoms. The minimum absolute atomic E-state index is 0.0440. The molecule has 0 bridgehead atoms. The predicted molar refractivity (Wildman–Crippen MR) is 101 cm³/mol. The number of fused-ring (bicyclic) bond motifs is 1. The molecule has 0 radical (unpaired) electrons. The van der Waals surface area contributed by atoms with E-state index in [0.29, 0.717) is 41.3 Å². The average molecular weight is 378 g/mol. The summed E-state index contributed by atoms with van der Waals surface area (Å²) in [5.74, 6) is 0.457. The lowest BCUT2D eigenvalue weighted by atomic mass is 9.89. The fourth-order valence-corrected chi connectivity index (χ4v) is 3.04. The van der Waals surface area contributed by atoms with Crippen molar-refractivity contribution in [2.24, 2.45) is 7.05 Å². The van der Waals surface area contributed by atoms with Crippen molar-refractivity contribution >= 4 is 28.6 Å². The smallest absolute Gasteiger partial charge is 0.243 e. The second-order valence-corrected chi connectivity index (χ2v) is 6.54. The van der Waals surface area contributed by atoms with Crippen LogP contribution < -0.4 is 15.4 Å². The third-order valence-corrected chi connectivity index (χ3v) is 4.48. The van der Waals surface area contributed by atoms with E-state index in [4.69, 9.17) is 4.74 Å². The minimum Gasteiger partial charge on any atom is -0.474 e. The lowest BCUT2D eigenvalue weighted by Crippen LogP contribution is -2.48. The highest BCUT2D eigenvalue weighted by atomic mass is 16.5. The van der Waals surface area contributed by atoms with E-state index in [2.05, 4.69) is 43.3 Å². The van der Waals surface area contributed by atoms with Gasteiger partial charge in [-0.15, -0.1) is 0 Å². The maximum Gasteiger partial charge on any atom is 0.243 e. The molecule has 10 heteroatoms. The maximum absolute atomic E-state index is 11.4. The van der Waals surface area contributed by atoms with E-state index in [-0.39, 0.29) is 18.1 Å². The van der Waals surface area contributed by atoms with Crippen molar-refractivity contribution in [1.29, 1.82) is 5.26 Å². The molecule has 0 aromatic carbocycles. The first-order valence-corrected chi connectivity index (χ1v) is 8.70. The molecule has 3 aromatic heterocycles. The van der Waals surface area contributed by atoms with E-state index in [1.165, 1.54) is 6.08 Å². The number of anilines is 2. The highest BCUT2D eigenvalue weighted by Crippen LogP contribution is 2.32. The van der Waals surface area contributed by atoms with Gasteiger partial charge in [0, 0.05) is 38.3 Å². The summed E-state index contributed by atoms with van der Waals surface area (Å²) in [7, 11) is 1.81. The molecule has 1 amide bonds. The average Bonchev–Trinajstić information content (AvgIpc) is 3.25. The number of carbonyl (C=O) groups excluding carboxylic acids is 1. The normalized spacial score (nSPS) is 18.1. The zero-order valence-electron chi connectivity index (χ0n) is 15.1. The van der Waals surface area contributed by atoms with Crippen molar-refractivity contribution in [3.8, 4) is 11.9 Å². The number of aromatic amines is 1. The molecule has 3 N–H and O–H groups in total. The van der Waals surface area contributed by atoms with Crippen LogP contribution in [-0.2, 0) is 11.8 Å². The van der Waals surface area contributed by atoms with Crippen LogP contribution in [0.25, 0.3) is 11.0 Å². The molecule has 1 saturated carbocycles. The van der Waals surface area contributed by atoms with Gasteiger partial charge >= 0.3 is 0 Å². The van der Waals surface area contributed by atoms with Crippen LogP contribution in [0.15, 0.2) is 31.2 Å². The van der Waals surface area contributed by atoms with Gasteiger partial charge < -0.3 is 20.4 Å². The molecule has 28 heavy (non-hydrogen) atoms. The first kappa shape index (κ1) is 17.5. The van der Waals surface area contributed by atoms with Crippen LogP contribution >= 0.6 is 0 Å². The first-order valence-electron chi connectivity index (χ1n) is 8.70. The highest BCUT2D eigenvalue weighted by molar-refractivity contribution is 5.88. The molecule has 3 aromatic rings. The monoisotopic (exact) mass is 378 g/mol. The van der Waals surface area contributed by atoms with E-state index in [9.17, 15) is 10.1 Å². The van der Waals surface area contributed by atoms with Gasteiger partial charge in [0.05, 0.1) is 22.8 Å². The fraction of sp³-hybridized carbons (Fsp3) is 0.278. The Labute approximate surface area is 160 Å². The van der Waals surface area contributed by atoms with Crippen LogP contribution in [-0.4, -0.2) is 42.8 Å². The van der Waals surface area contributed by atoms with Crippen LogP contribution in [0, 0.1) is 11.3 Å². The summed E-state index contributed by atoms with van der Waals surface area (Å²) in [6.07, 6.45) is 7.47. The van der Waals surface area contributed by atoms with Crippen LogP contribution in [0.5, 0.6) is 5.88 Å². The van der Waals surface area contributed by atoms with E-state index >= 15 is 0 Å². The molecule has 1 aliphatic carbocycles. The third kappa shape index (κ3) is 3.37. The molecule has 0 unspecified atom stereocenters. The Morgan fingerprint density at radius 3 is 3.00 bits per heavy atom. The Kier molecular flexibility index (Phi) is 4.41. The predicted octanol–water partition coefficient (Wildman–Crippen LogP) is 1.52. The molecule has 142 valence electrons. The Balaban J connectivity index is 1.57. The van der Waals surface area contributed by atoms with Gasteiger partial charge in [-0.2, -0.15) is 20.3 Å². The van der Waals surface area contributed by atoms with Crippen LogP contribution in [0.1, 0.15) is 18.4 Å². The van der Waals surface area contributed by atoms with Crippen molar-refractivity contribution in [1.82, 2.24) is 30.0 Å². The van der Waals surface area contributed by atoms with E-state index in [1.807, 2.05) is 7.05 Å². The number of hydrogen-bond acceptors (Lipinski definition) is 7. The van der Waals surface area contributed by atoms with Gasteiger partial charge in [0.2, 0.25) is 17.7 Å². The van der Waals surface area contributed by atoms with Crippen LogP contribution in [0.4, 0.5) is 11.6 Å². The fourth-order valence-electron chi connectivity index (χ4n) is 3.04. The van der Waals surface area contributed by atoms with Crippen LogP contribution in [0.3, 0.4) is 0 Å². The number of nitrogens with one attached hydrogen (secondary N) is 3. The Morgan fingerprint density at radius 1 is 1.50 bits per heavy atom. The summed E-state index contributed by atoms with van der Waals surface area (Å²) >= 11 is 0. The van der Waals surface area contributed by atoms with Crippen molar-refractivity contribution < 1.29 is 9.53 Å². The van der Waals surface area contributed by atoms with Gasteiger partial charge in [-0.1, -0.05) is 6.58 Å². The number of H-pyrrole nitrogens is 1. The Bertz CT molecular complexity index is 1090. The molecule has 1 fully saturated rings. The summed E-state index contributed by atoms with van der Waals surface area (Å²) in [6, 6.07) is 2.17. The van der Waals surface area contributed by atoms with Crippen LogP contribution in [0.2, 0.25) is 0 Å². The molecular formula is C18H18N8O2. The van der Waals surface area contributed by atoms with Gasteiger partial charge in [0.1, 0.15) is 17.8 Å². The number of aromatic nitrogens is 5. The number of aryl methyl sites for hydroxylation is 1. The quantitative estimate of drug-likeness (QED) is 0.554. The second-order valence-electron chi connectivity index (χ2n) is 6.54. The number of rotatable bonds is 6. The zero-order chi connectivity index (χ0) is 19.7. The maximum atomic E-state index is 11.4. The number of amides is 1. The number of nitrogens with zero attached hydrogens (tertiary/aromatic N) is 5. The third-order valence-electron chi connectivity index (χ3n) is 4.48. The van der Waals surface area contributed by atoms with E-state index < -0.39 is 0 Å². The highest BCUT2D eigenvalue weighted by Gasteiger charge is 2.33. The van der Waals surface area contributed by atoms with Gasteiger partial charge in [-0.3, -0.25) is 9.48 Å². The molecule has 0 aliphatic heterocycles. The summed E-state index contributed by atoms with van der Waals surface area (Å²) in [5.41, 5.74) is 1.65. The minimum atomic E-state index is -0.201. The summed E-state index contributed by atoms with van der Waals surface area (Å²) in [6.45, 7) is 3.44. The molecule has 0 saturated heterocycles. The SMILES string of the molecule is C=CC(=O)N[C@H]1C[C@H](Oc2nc(Nc3cnn(C)c3)nc3[nH]cc(C#N)c23)C1. The number of ether oxygens (including phenoxy) is 1. The molecular weight excluding hydrogens is 360 g/mol. The standard InChI is InChI=1S/C18H18N8O2/c1-3-14(27)22-11-4-13(5-11)28-17-15-10(6-19)7-20-16(15)24-18(25-17)23-12-8-21-26(2)9-12/h3,7-9,11,13H,1,4-5H2,2H3,(H,22,27)(H2,20,23,24,25)/t11-,13-. The second kappa shape index (κ2) is 7.03. The summed E-state index contributed by atoms with van der Waals surface area (Å²) in [4.78, 5) is 23.2. The topological polar surface area (TPSA) is 134 Å². The lowest BCUT2D eigenvalue weighted by molar-refractivity contribution is -0.118. The number of nitriles is 1. The van der Waals surface area contributed by atoms with Crippen molar-refractivity contribution in [2.75, 3.05) is 5.32 Å². The molecule has 3 heterocycles. The number of carbonyl (C=O) groups is 1. The molecule has 1 aliphatic rings. The van der Waals surface area contributed by atoms with Crippen molar-refractivity contribution in [3.05, 3.63) is 36.8 Å². The van der Waals surface area contributed by atoms with Gasteiger partial charge in [0.25, 0.3) is 0 Å². The first-order chi connectivity index (χ1) is 13.6. The van der Waals surface area contributed by atoms with Crippen molar-refractivity contribution in [3.63, 3.8) is 0 Å². The van der Waals surface area contributed by atoms with Gasteiger partial charge in [-0.05, 0) is 6.08 Å². The molecule has 4 rings (SSSR count).